The van der Waals surface area contributed by atoms with Crippen LogP contribution in [0, 0.1) is 52.8 Å². The molecular weight excluding hydrogens is 348 g/mol. The van der Waals surface area contributed by atoms with Crippen molar-refractivity contribution in [2.75, 3.05) is 0 Å². The summed E-state index contributed by atoms with van der Waals surface area (Å²) >= 11 is 0. The van der Waals surface area contributed by atoms with Crippen LogP contribution in [0.3, 0.4) is 0 Å². The van der Waals surface area contributed by atoms with Crippen LogP contribution in [0.5, 0.6) is 0 Å². The van der Waals surface area contributed by atoms with E-state index in [0.717, 1.165) is 52.8 Å². The zero-order valence-electron chi connectivity index (χ0n) is 21.0. The molecule has 0 heterocycles. The van der Waals surface area contributed by atoms with Crippen LogP contribution < -0.4 is 0 Å². The average molecular weight is 403 g/mol. The van der Waals surface area contributed by atoms with Crippen LogP contribution in [0.2, 0.25) is 0 Å². The van der Waals surface area contributed by atoms with Gasteiger partial charge in [-0.05, 0) is 72.0 Å². The minimum Gasteiger partial charge on any atom is -0.0654 e. The van der Waals surface area contributed by atoms with Gasteiger partial charge in [-0.2, -0.15) is 0 Å². The van der Waals surface area contributed by atoms with Crippen LogP contribution in [0.15, 0.2) is 0 Å². The lowest BCUT2D eigenvalue weighted by molar-refractivity contribution is 0.283. The summed E-state index contributed by atoms with van der Waals surface area (Å²) in [4.78, 5) is 0. The first-order chi connectivity index (χ1) is 14.0. The Morgan fingerprint density at radius 2 is 1.45 bits per heavy atom. The summed E-state index contributed by atoms with van der Waals surface area (Å²) in [5.41, 5.74) is 0.754. The van der Waals surface area contributed by atoms with Gasteiger partial charge in [0.2, 0.25) is 0 Å². The van der Waals surface area contributed by atoms with E-state index in [9.17, 15) is 0 Å². The van der Waals surface area contributed by atoms with Crippen LogP contribution >= 0.6 is 0 Å². The Labute approximate surface area is 184 Å². The van der Waals surface area contributed by atoms with Gasteiger partial charge < -0.3 is 0 Å². The summed E-state index contributed by atoms with van der Waals surface area (Å²) in [6.45, 7) is 14.7. The first-order valence-corrected chi connectivity index (χ1v) is 14.0. The molecule has 0 N–H and O–H groups in total. The first kappa shape index (κ1) is 23.7. The summed E-state index contributed by atoms with van der Waals surface area (Å²) in [6.07, 6.45) is 21.0. The van der Waals surface area contributed by atoms with Crippen molar-refractivity contribution >= 4 is 0 Å². The number of rotatable bonds is 16. The third kappa shape index (κ3) is 5.44. The number of hydrogen-bond acceptors (Lipinski definition) is 0. The number of unbranched alkanes of at least 4 members (excludes halogenated alkanes) is 3. The van der Waals surface area contributed by atoms with Gasteiger partial charge in [0.25, 0.3) is 0 Å². The summed E-state index contributed by atoms with van der Waals surface area (Å²) in [5, 5.41) is 0. The van der Waals surface area contributed by atoms with E-state index in [1.807, 2.05) is 0 Å². The topological polar surface area (TPSA) is 0 Å². The van der Waals surface area contributed by atoms with E-state index in [1.165, 1.54) is 70.6 Å². The van der Waals surface area contributed by atoms with E-state index < -0.39 is 0 Å². The fourth-order valence-electron chi connectivity index (χ4n) is 7.97. The van der Waals surface area contributed by atoms with Gasteiger partial charge in [-0.3, -0.25) is 0 Å². The van der Waals surface area contributed by atoms with Gasteiger partial charge >= 0.3 is 0 Å². The first-order valence-electron chi connectivity index (χ1n) is 14.0. The fourth-order valence-corrected chi connectivity index (χ4v) is 7.97. The van der Waals surface area contributed by atoms with Crippen molar-refractivity contribution in [3.8, 4) is 0 Å². The molecule has 0 amide bonds. The van der Waals surface area contributed by atoms with Crippen molar-refractivity contribution in [1.82, 2.24) is 0 Å². The molecule has 0 bridgehead atoms. The highest BCUT2D eigenvalue weighted by Crippen LogP contribution is 2.77. The summed E-state index contributed by atoms with van der Waals surface area (Å²) < 4.78 is 0. The van der Waals surface area contributed by atoms with Crippen molar-refractivity contribution in [3.63, 3.8) is 0 Å². The molecule has 0 radical (unpaired) electrons. The highest BCUT2D eigenvalue weighted by molar-refractivity contribution is 5.19. The maximum atomic E-state index is 2.61. The molecule has 3 aliphatic carbocycles. The molecule has 0 saturated heterocycles. The second kappa shape index (κ2) is 10.5. The molecule has 0 aromatic heterocycles. The second-order valence-electron chi connectivity index (χ2n) is 12.0. The lowest BCUT2D eigenvalue weighted by Crippen LogP contribution is -2.13. The zero-order chi connectivity index (χ0) is 21.0. The maximum Gasteiger partial charge on any atom is -0.0204 e. The molecule has 3 aliphatic rings. The van der Waals surface area contributed by atoms with E-state index in [-0.39, 0.29) is 0 Å². The number of hydrogen-bond donors (Lipinski definition) is 0. The van der Waals surface area contributed by atoms with Crippen molar-refractivity contribution in [2.24, 2.45) is 52.8 Å². The summed E-state index contributed by atoms with van der Waals surface area (Å²) in [6, 6.07) is 0. The monoisotopic (exact) mass is 402 g/mol. The molecule has 0 aromatic rings. The van der Waals surface area contributed by atoms with E-state index >= 15 is 0 Å². The van der Waals surface area contributed by atoms with Gasteiger partial charge in [-0.25, -0.2) is 0 Å². The fraction of sp³-hybridized carbons (Fsp3) is 1.00. The second-order valence-corrected chi connectivity index (χ2v) is 12.0. The van der Waals surface area contributed by atoms with Crippen LogP contribution in [-0.2, 0) is 0 Å². The van der Waals surface area contributed by atoms with Crippen molar-refractivity contribution in [2.45, 2.75) is 131 Å². The Balaban J connectivity index is 1.41. The molecule has 29 heavy (non-hydrogen) atoms. The normalized spacial score (nSPS) is 40.4. The van der Waals surface area contributed by atoms with Gasteiger partial charge in [-0.15, -0.1) is 0 Å². The molecule has 3 saturated carbocycles. The predicted molar refractivity (Wildman–Crippen MR) is 129 cm³/mol. The van der Waals surface area contributed by atoms with Crippen molar-refractivity contribution < 1.29 is 0 Å². The summed E-state index contributed by atoms with van der Waals surface area (Å²) in [5.74, 6) is 8.47. The van der Waals surface area contributed by atoms with E-state index in [0.29, 0.717) is 0 Å². The van der Waals surface area contributed by atoms with Crippen LogP contribution in [-0.4, -0.2) is 0 Å². The highest BCUT2D eigenvalue weighted by atomic mass is 14.8. The molecule has 0 spiro atoms. The Morgan fingerprint density at radius 1 is 0.793 bits per heavy atom. The van der Waals surface area contributed by atoms with Gasteiger partial charge in [0.15, 0.2) is 0 Å². The van der Waals surface area contributed by atoms with Crippen LogP contribution in [0.1, 0.15) is 131 Å². The van der Waals surface area contributed by atoms with Crippen LogP contribution in [0.4, 0.5) is 0 Å². The quantitative estimate of drug-likeness (QED) is 0.225. The molecule has 170 valence electrons. The Bertz CT molecular complexity index is 478. The minimum absolute atomic E-state index is 0.754. The van der Waals surface area contributed by atoms with E-state index in [1.54, 1.807) is 19.3 Å². The molecule has 0 heteroatoms. The Hall–Kier alpha value is 0. The van der Waals surface area contributed by atoms with Gasteiger partial charge in [0.05, 0.1) is 0 Å². The van der Waals surface area contributed by atoms with Crippen LogP contribution in [0.25, 0.3) is 0 Å². The zero-order valence-corrected chi connectivity index (χ0v) is 21.0. The lowest BCUT2D eigenvalue weighted by atomic mass is 9.84. The smallest absolute Gasteiger partial charge is 0.0204 e. The largest absolute Gasteiger partial charge is 0.0654 e. The van der Waals surface area contributed by atoms with Gasteiger partial charge in [-0.1, -0.05) is 112 Å². The van der Waals surface area contributed by atoms with Gasteiger partial charge in [0, 0.05) is 0 Å². The lowest BCUT2D eigenvalue weighted by Gasteiger charge is -2.21. The molecule has 0 aromatic carbocycles. The Kier molecular flexibility index (Phi) is 8.60. The summed E-state index contributed by atoms with van der Waals surface area (Å²) in [7, 11) is 0. The molecular formula is C29H54. The molecule has 0 aliphatic heterocycles. The molecule has 0 nitrogen and oxygen atoms in total. The predicted octanol–water partition coefficient (Wildman–Crippen LogP) is 9.52. The molecule has 3 fully saturated rings. The molecule has 8 unspecified atom stereocenters. The third-order valence-electron chi connectivity index (χ3n) is 9.81. The average Bonchev–Trinajstić information content (AvgIpc) is 3.63. The van der Waals surface area contributed by atoms with E-state index in [4.69, 9.17) is 0 Å². The van der Waals surface area contributed by atoms with Crippen molar-refractivity contribution in [1.29, 1.82) is 0 Å². The van der Waals surface area contributed by atoms with Gasteiger partial charge in [0.1, 0.15) is 0 Å². The standard InChI is InChI=1S/C29H54/c1-7-10-15-23-20-24(23)16-12-11-13-17-26-25(14-8-2)28(26)29(19-18-21(4)5)22(6)27(29)9-3/h21-28H,7-20H2,1-6H3. The SMILES string of the molecule is CCCCC1CC1CCCCCC1C(CCC)C1C1(CCC(C)C)C(C)C1CC. The highest BCUT2D eigenvalue weighted by Gasteiger charge is 2.72. The van der Waals surface area contributed by atoms with E-state index in [2.05, 4.69) is 41.5 Å². The molecule has 3 rings (SSSR count). The maximum absolute atomic E-state index is 2.61. The minimum atomic E-state index is 0.754. The Morgan fingerprint density at radius 3 is 2.03 bits per heavy atom. The van der Waals surface area contributed by atoms with Crippen molar-refractivity contribution in [3.05, 3.63) is 0 Å². The third-order valence-corrected chi connectivity index (χ3v) is 9.81. The molecule has 8 atom stereocenters.